The van der Waals surface area contributed by atoms with Crippen molar-refractivity contribution < 1.29 is 17.9 Å². The van der Waals surface area contributed by atoms with Gasteiger partial charge in [-0.2, -0.15) is 0 Å². The molecule has 0 spiro atoms. The molecule has 1 saturated heterocycles. The van der Waals surface area contributed by atoms with Gasteiger partial charge in [0.15, 0.2) is 0 Å². The fourth-order valence-electron chi connectivity index (χ4n) is 1.57. The molecule has 1 atom stereocenters. The Labute approximate surface area is 120 Å². The second kappa shape index (κ2) is 8.70. The minimum absolute atomic E-state index is 0. The van der Waals surface area contributed by atoms with E-state index in [0.29, 0.717) is 13.2 Å². The van der Waals surface area contributed by atoms with Gasteiger partial charge in [0.25, 0.3) is 0 Å². The molecule has 1 aliphatic heterocycles. The van der Waals surface area contributed by atoms with Gasteiger partial charge < -0.3 is 15.4 Å². The van der Waals surface area contributed by atoms with Crippen molar-refractivity contribution in [3.05, 3.63) is 0 Å². The third-order valence-corrected chi connectivity index (χ3v) is 3.88. The van der Waals surface area contributed by atoms with E-state index >= 15 is 0 Å². The van der Waals surface area contributed by atoms with Crippen molar-refractivity contribution in [3.63, 3.8) is 0 Å². The van der Waals surface area contributed by atoms with Crippen molar-refractivity contribution in [3.8, 4) is 0 Å². The van der Waals surface area contributed by atoms with Crippen molar-refractivity contribution in [1.82, 2.24) is 15.4 Å². The second-order valence-corrected chi connectivity index (χ2v) is 6.32. The van der Waals surface area contributed by atoms with Crippen LogP contribution in [0.25, 0.3) is 0 Å². The zero-order valence-electron chi connectivity index (χ0n) is 11.1. The monoisotopic (exact) mass is 315 g/mol. The minimum atomic E-state index is -3.33. The first-order chi connectivity index (χ1) is 8.41. The van der Waals surface area contributed by atoms with E-state index in [1.807, 2.05) is 0 Å². The zero-order valence-corrected chi connectivity index (χ0v) is 12.8. The Kier molecular flexibility index (Phi) is 8.51. The van der Waals surface area contributed by atoms with Gasteiger partial charge in [-0.25, -0.2) is 13.1 Å². The number of sulfonamides is 1. The Bertz CT molecular complexity index is 369. The third kappa shape index (κ3) is 7.68. The van der Waals surface area contributed by atoms with Crippen molar-refractivity contribution in [2.75, 3.05) is 32.0 Å². The SMILES string of the molecule is CC(C)NS(=O)(=O)CCNC(=O)C1CNCCO1.Cl. The molecule has 0 aromatic carbocycles. The molecule has 9 heteroatoms. The van der Waals surface area contributed by atoms with Crippen LogP contribution in [-0.2, 0) is 19.6 Å². The summed E-state index contributed by atoms with van der Waals surface area (Å²) in [6.45, 7) is 5.26. The molecule has 114 valence electrons. The van der Waals surface area contributed by atoms with Crippen molar-refractivity contribution in [2.24, 2.45) is 0 Å². The van der Waals surface area contributed by atoms with E-state index in [1.165, 1.54) is 0 Å². The summed E-state index contributed by atoms with van der Waals surface area (Å²) in [7, 11) is -3.33. The number of nitrogens with one attached hydrogen (secondary N) is 3. The highest BCUT2D eigenvalue weighted by Gasteiger charge is 2.21. The van der Waals surface area contributed by atoms with E-state index in [0.717, 1.165) is 6.54 Å². The molecule has 1 amide bonds. The van der Waals surface area contributed by atoms with Gasteiger partial charge >= 0.3 is 0 Å². The molecule has 3 N–H and O–H groups in total. The molecule has 0 saturated carbocycles. The van der Waals surface area contributed by atoms with Gasteiger partial charge in [-0.3, -0.25) is 4.79 Å². The molecule has 0 aromatic heterocycles. The summed E-state index contributed by atoms with van der Waals surface area (Å²) in [4.78, 5) is 11.6. The molecular formula is C10H22ClN3O4S. The molecule has 0 aromatic rings. The standard InChI is InChI=1S/C10H21N3O4S.ClH/c1-8(2)13-18(15,16)6-4-12-10(14)9-7-11-3-5-17-9;/h8-9,11,13H,3-7H2,1-2H3,(H,12,14);1H. The van der Waals surface area contributed by atoms with Crippen LogP contribution in [-0.4, -0.2) is 58.5 Å². The average Bonchev–Trinajstić information content (AvgIpc) is 2.28. The van der Waals surface area contributed by atoms with Crippen LogP contribution in [0.5, 0.6) is 0 Å². The maximum absolute atomic E-state index is 11.6. The van der Waals surface area contributed by atoms with Crippen molar-refractivity contribution >= 4 is 28.3 Å². The number of ether oxygens (including phenoxy) is 1. The first-order valence-electron chi connectivity index (χ1n) is 6.01. The number of carbonyl (C=O) groups excluding carboxylic acids is 1. The summed E-state index contributed by atoms with van der Waals surface area (Å²) in [5, 5.41) is 5.59. The number of carbonyl (C=O) groups is 1. The minimum Gasteiger partial charge on any atom is -0.366 e. The topological polar surface area (TPSA) is 96.5 Å². The predicted octanol–water partition coefficient (Wildman–Crippen LogP) is -1.16. The molecule has 19 heavy (non-hydrogen) atoms. The van der Waals surface area contributed by atoms with Crippen molar-refractivity contribution in [2.45, 2.75) is 26.0 Å². The van der Waals surface area contributed by atoms with Gasteiger partial charge in [0.05, 0.1) is 12.4 Å². The number of morpholine rings is 1. The molecule has 7 nitrogen and oxygen atoms in total. The highest BCUT2D eigenvalue weighted by Crippen LogP contribution is 1.95. The van der Waals surface area contributed by atoms with E-state index < -0.39 is 16.1 Å². The lowest BCUT2D eigenvalue weighted by atomic mass is 10.3. The highest BCUT2D eigenvalue weighted by molar-refractivity contribution is 7.89. The first kappa shape index (κ1) is 18.6. The predicted molar refractivity (Wildman–Crippen MR) is 74.9 cm³/mol. The Balaban J connectivity index is 0.00000324. The van der Waals surface area contributed by atoms with Gasteiger partial charge in [0.1, 0.15) is 6.10 Å². The van der Waals surface area contributed by atoms with Crippen LogP contribution in [0, 0.1) is 0 Å². The normalized spacial score (nSPS) is 19.8. The highest BCUT2D eigenvalue weighted by atomic mass is 35.5. The van der Waals surface area contributed by atoms with Crippen LogP contribution in [0.3, 0.4) is 0 Å². The number of rotatable bonds is 6. The summed E-state index contributed by atoms with van der Waals surface area (Å²) in [5.74, 6) is -0.404. The lowest BCUT2D eigenvalue weighted by Crippen LogP contribution is -2.49. The molecule has 1 rings (SSSR count). The van der Waals surface area contributed by atoms with Gasteiger partial charge in [-0.15, -0.1) is 12.4 Å². The molecule has 0 bridgehead atoms. The fourth-order valence-corrected chi connectivity index (χ4v) is 2.78. The maximum Gasteiger partial charge on any atom is 0.250 e. The summed E-state index contributed by atoms with van der Waals surface area (Å²) >= 11 is 0. The number of halogens is 1. The second-order valence-electron chi connectivity index (χ2n) is 4.45. The van der Waals surface area contributed by atoms with E-state index in [2.05, 4.69) is 15.4 Å². The van der Waals surface area contributed by atoms with E-state index in [-0.39, 0.29) is 36.7 Å². The van der Waals surface area contributed by atoms with Crippen molar-refractivity contribution in [1.29, 1.82) is 0 Å². The Morgan fingerprint density at radius 3 is 2.68 bits per heavy atom. The zero-order chi connectivity index (χ0) is 13.6. The molecule has 1 unspecified atom stereocenters. The van der Waals surface area contributed by atoms with Crippen LogP contribution >= 0.6 is 12.4 Å². The Morgan fingerprint density at radius 1 is 1.47 bits per heavy atom. The van der Waals surface area contributed by atoms with Gasteiger partial charge in [-0.1, -0.05) is 0 Å². The van der Waals surface area contributed by atoms with Gasteiger partial charge in [0.2, 0.25) is 15.9 Å². The molecular weight excluding hydrogens is 294 g/mol. The number of amides is 1. The van der Waals surface area contributed by atoms with Crippen LogP contribution < -0.4 is 15.4 Å². The molecule has 0 aliphatic carbocycles. The smallest absolute Gasteiger partial charge is 0.250 e. The molecule has 0 radical (unpaired) electrons. The molecule has 1 fully saturated rings. The average molecular weight is 316 g/mol. The van der Waals surface area contributed by atoms with E-state index in [1.54, 1.807) is 13.8 Å². The summed E-state index contributed by atoms with van der Waals surface area (Å²) in [5.41, 5.74) is 0. The summed E-state index contributed by atoms with van der Waals surface area (Å²) in [6, 6.07) is -0.142. The van der Waals surface area contributed by atoms with Gasteiger partial charge in [-0.05, 0) is 13.8 Å². The molecule has 1 heterocycles. The van der Waals surface area contributed by atoms with Crippen LogP contribution in [0.4, 0.5) is 0 Å². The quantitative estimate of drug-likeness (QED) is 0.574. The fraction of sp³-hybridized carbons (Fsp3) is 0.900. The summed E-state index contributed by atoms with van der Waals surface area (Å²) < 4.78 is 30.7. The number of hydrogen-bond acceptors (Lipinski definition) is 5. The van der Waals surface area contributed by atoms with Crippen LogP contribution in [0.2, 0.25) is 0 Å². The Hall–Kier alpha value is -0.410. The van der Waals surface area contributed by atoms with Crippen LogP contribution in [0.15, 0.2) is 0 Å². The lowest BCUT2D eigenvalue weighted by Gasteiger charge is -2.22. The Morgan fingerprint density at radius 2 is 2.16 bits per heavy atom. The van der Waals surface area contributed by atoms with E-state index in [4.69, 9.17) is 4.74 Å². The van der Waals surface area contributed by atoms with Gasteiger partial charge in [0, 0.05) is 25.7 Å². The molecule has 1 aliphatic rings. The maximum atomic E-state index is 11.6. The largest absolute Gasteiger partial charge is 0.366 e. The number of hydrogen-bond donors (Lipinski definition) is 3. The van der Waals surface area contributed by atoms with E-state index in [9.17, 15) is 13.2 Å². The summed E-state index contributed by atoms with van der Waals surface area (Å²) in [6.07, 6.45) is -0.528. The third-order valence-electron chi connectivity index (χ3n) is 2.31. The first-order valence-corrected chi connectivity index (χ1v) is 7.66. The van der Waals surface area contributed by atoms with Crippen LogP contribution in [0.1, 0.15) is 13.8 Å². The lowest BCUT2D eigenvalue weighted by molar-refractivity contribution is -0.134.